The van der Waals surface area contributed by atoms with Crippen LogP contribution in [0.3, 0.4) is 0 Å². The average molecular weight is 511 g/mol. The van der Waals surface area contributed by atoms with Crippen LogP contribution in [0, 0.1) is 0 Å². The molecule has 2 aromatic heterocycles. The maximum absolute atomic E-state index is 12.9. The number of pyridine rings is 1. The standard InChI is InChI=1S/C31H38N6O/c1-3-16-31(32,17-4-2)26-12-14-27(15-13-26)36-30(38)25-10-8-24(9-11-25)21-37(23-29-34-19-20-35-29)22-28-7-5-6-18-33-28/h5-15,18-20H,3-4,16-17,21-23,32H2,1-2H3,(H,34,35)(H,36,38). The molecule has 0 aliphatic carbocycles. The third-order valence-electron chi connectivity index (χ3n) is 6.77. The highest BCUT2D eigenvalue weighted by molar-refractivity contribution is 6.04. The van der Waals surface area contributed by atoms with E-state index in [4.69, 9.17) is 5.73 Å². The minimum atomic E-state index is -0.316. The molecule has 0 spiro atoms. The zero-order valence-electron chi connectivity index (χ0n) is 22.4. The third kappa shape index (κ3) is 7.37. The lowest BCUT2D eigenvalue weighted by molar-refractivity contribution is 0.102. The molecule has 2 heterocycles. The fourth-order valence-electron chi connectivity index (χ4n) is 4.90. The number of H-pyrrole nitrogens is 1. The molecule has 0 saturated heterocycles. The van der Waals surface area contributed by atoms with Crippen LogP contribution in [0.2, 0.25) is 0 Å². The van der Waals surface area contributed by atoms with Gasteiger partial charge in [0, 0.05) is 48.5 Å². The zero-order valence-corrected chi connectivity index (χ0v) is 22.4. The number of rotatable bonds is 13. The lowest BCUT2D eigenvalue weighted by Gasteiger charge is -2.29. The highest BCUT2D eigenvalue weighted by Gasteiger charge is 2.25. The molecule has 0 bridgehead atoms. The lowest BCUT2D eigenvalue weighted by atomic mass is 9.83. The third-order valence-corrected chi connectivity index (χ3v) is 6.77. The Labute approximate surface area is 225 Å². The van der Waals surface area contributed by atoms with Gasteiger partial charge in [-0.2, -0.15) is 0 Å². The molecule has 0 unspecified atom stereocenters. The van der Waals surface area contributed by atoms with E-state index in [0.717, 1.165) is 54.0 Å². The number of aromatic nitrogens is 3. The monoisotopic (exact) mass is 510 g/mol. The van der Waals surface area contributed by atoms with Gasteiger partial charge >= 0.3 is 0 Å². The smallest absolute Gasteiger partial charge is 0.255 e. The summed E-state index contributed by atoms with van der Waals surface area (Å²) in [6.45, 7) is 6.39. The number of hydrogen-bond acceptors (Lipinski definition) is 5. The summed E-state index contributed by atoms with van der Waals surface area (Å²) >= 11 is 0. The second-order valence-corrected chi connectivity index (χ2v) is 9.89. The minimum Gasteiger partial charge on any atom is -0.348 e. The predicted octanol–water partition coefficient (Wildman–Crippen LogP) is 6.01. The molecule has 0 saturated carbocycles. The van der Waals surface area contributed by atoms with Gasteiger partial charge < -0.3 is 16.0 Å². The molecule has 2 aromatic carbocycles. The Kier molecular flexibility index (Phi) is 9.40. The Morgan fingerprint density at radius 2 is 1.63 bits per heavy atom. The summed E-state index contributed by atoms with van der Waals surface area (Å²) < 4.78 is 0. The molecule has 198 valence electrons. The molecule has 0 aliphatic rings. The number of imidazole rings is 1. The van der Waals surface area contributed by atoms with E-state index in [-0.39, 0.29) is 11.4 Å². The van der Waals surface area contributed by atoms with Crippen molar-refractivity contribution in [3.05, 3.63) is 114 Å². The van der Waals surface area contributed by atoms with Crippen molar-refractivity contribution in [2.75, 3.05) is 5.32 Å². The van der Waals surface area contributed by atoms with Crippen LogP contribution in [0.25, 0.3) is 0 Å². The van der Waals surface area contributed by atoms with Gasteiger partial charge in [0.2, 0.25) is 0 Å². The number of benzene rings is 2. The van der Waals surface area contributed by atoms with Gasteiger partial charge in [0.25, 0.3) is 5.91 Å². The molecular formula is C31H38N6O. The molecule has 38 heavy (non-hydrogen) atoms. The first-order chi connectivity index (χ1) is 18.5. The summed E-state index contributed by atoms with van der Waals surface area (Å²) in [4.78, 5) is 27.2. The Hall–Kier alpha value is -3.81. The van der Waals surface area contributed by atoms with Gasteiger partial charge in [-0.25, -0.2) is 4.98 Å². The Balaban J connectivity index is 1.39. The number of carbonyl (C=O) groups excluding carboxylic acids is 1. The summed E-state index contributed by atoms with van der Waals surface area (Å²) in [6.07, 6.45) is 9.36. The van der Waals surface area contributed by atoms with E-state index in [1.165, 1.54) is 0 Å². The number of nitrogens with two attached hydrogens (primary N) is 1. The molecule has 4 aromatic rings. The number of nitrogens with one attached hydrogen (secondary N) is 2. The van der Waals surface area contributed by atoms with Gasteiger partial charge in [0.1, 0.15) is 5.82 Å². The summed E-state index contributed by atoms with van der Waals surface area (Å²) in [7, 11) is 0. The van der Waals surface area contributed by atoms with Crippen LogP contribution in [-0.2, 0) is 25.2 Å². The molecule has 0 fully saturated rings. The van der Waals surface area contributed by atoms with E-state index in [9.17, 15) is 4.79 Å². The largest absolute Gasteiger partial charge is 0.348 e. The number of aromatic amines is 1. The topological polar surface area (TPSA) is 99.9 Å². The van der Waals surface area contributed by atoms with Crippen molar-refractivity contribution < 1.29 is 4.79 Å². The molecule has 7 nitrogen and oxygen atoms in total. The van der Waals surface area contributed by atoms with Crippen molar-refractivity contribution in [1.82, 2.24) is 19.9 Å². The van der Waals surface area contributed by atoms with Gasteiger partial charge in [-0.3, -0.25) is 14.7 Å². The SMILES string of the molecule is CCCC(N)(CCC)c1ccc(NC(=O)c2ccc(CN(Cc3ccccn3)Cc3ncc[nH]3)cc2)cc1. The summed E-state index contributed by atoms with van der Waals surface area (Å²) in [5, 5.41) is 3.01. The maximum atomic E-state index is 12.9. The van der Waals surface area contributed by atoms with Crippen molar-refractivity contribution in [3.63, 3.8) is 0 Å². The number of nitrogens with zero attached hydrogens (tertiary/aromatic N) is 3. The molecular weight excluding hydrogens is 472 g/mol. The van der Waals surface area contributed by atoms with E-state index >= 15 is 0 Å². The molecule has 1 amide bonds. The zero-order chi connectivity index (χ0) is 26.8. The van der Waals surface area contributed by atoms with Crippen molar-refractivity contribution in [2.45, 2.75) is 64.7 Å². The Morgan fingerprint density at radius 3 is 2.24 bits per heavy atom. The highest BCUT2D eigenvalue weighted by Crippen LogP contribution is 2.29. The van der Waals surface area contributed by atoms with Crippen molar-refractivity contribution in [3.8, 4) is 0 Å². The first-order valence-electron chi connectivity index (χ1n) is 13.4. The minimum absolute atomic E-state index is 0.133. The van der Waals surface area contributed by atoms with Crippen molar-refractivity contribution in [1.29, 1.82) is 0 Å². The second kappa shape index (κ2) is 13.1. The summed E-state index contributed by atoms with van der Waals surface area (Å²) in [6, 6.07) is 21.7. The molecule has 4 rings (SSSR count). The van der Waals surface area contributed by atoms with Gasteiger partial charge in [0.15, 0.2) is 0 Å². The van der Waals surface area contributed by atoms with E-state index in [1.807, 2.05) is 79.1 Å². The van der Waals surface area contributed by atoms with E-state index in [0.29, 0.717) is 25.2 Å². The molecule has 0 atom stereocenters. The Morgan fingerprint density at radius 1 is 0.895 bits per heavy atom. The van der Waals surface area contributed by atoms with Crippen LogP contribution in [-0.4, -0.2) is 25.8 Å². The van der Waals surface area contributed by atoms with Crippen LogP contribution in [0.4, 0.5) is 5.69 Å². The number of carbonyl (C=O) groups is 1. The van der Waals surface area contributed by atoms with Gasteiger partial charge in [0.05, 0.1) is 12.2 Å². The normalized spacial score (nSPS) is 11.6. The van der Waals surface area contributed by atoms with Crippen LogP contribution in [0.1, 0.15) is 72.5 Å². The molecule has 0 radical (unpaired) electrons. The first-order valence-corrected chi connectivity index (χ1v) is 13.4. The number of amides is 1. The summed E-state index contributed by atoms with van der Waals surface area (Å²) in [5.41, 5.74) is 11.0. The average Bonchev–Trinajstić information content (AvgIpc) is 3.43. The van der Waals surface area contributed by atoms with Crippen LogP contribution in [0.5, 0.6) is 0 Å². The van der Waals surface area contributed by atoms with Gasteiger partial charge in [-0.15, -0.1) is 0 Å². The van der Waals surface area contributed by atoms with Crippen molar-refractivity contribution in [2.24, 2.45) is 5.73 Å². The molecule has 4 N–H and O–H groups in total. The van der Waals surface area contributed by atoms with E-state index < -0.39 is 0 Å². The molecule has 0 aliphatic heterocycles. The fraction of sp³-hybridized carbons (Fsp3) is 0.323. The number of hydrogen-bond donors (Lipinski definition) is 3. The maximum Gasteiger partial charge on any atom is 0.255 e. The lowest BCUT2D eigenvalue weighted by Crippen LogP contribution is -2.36. The fourth-order valence-corrected chi connectivity index (χ4v) is 4.90. The van der Waals surface area contributed by atoms with E-state index in [2.05, 4.69) is 39.0 Å². The van der Waals surface area contributed by atoms with Crippen molar-refractivity contribution >= 4 is 11.6 Å². The first kappa shape index (κ1) is 27.2. The molecule has 7 heteroatoms. The highest BCUT2D eigenvalue weighted by atomic mass is 16.1. The number of anilines is 1. The van der Waals surface area contributed by atoms with Gasteiger partial charge in [-0.1, -0.05) is 57.0 Å². The second-order valence-electron chi connectivity index (χ2n) is 9.89. The quantitative estimate of drug-likeness (QED) is 0.204. The van der Waals surface area contributed by atoms with Gasteiger partial charge in [-0.05, 0) is 60.4 Å². The predicted molar refractivity (Wildman–Crippen MR) is 152 cm³/mol. The Bertz CT molecular complexity index is 1250. The van der Waals surface area contributed by atoms with Crippen LogP contribution < -0.4 is 11.1 Å². The van der Waals surface area contributed by atoms with Crippen LogP contribution >= 0.6 is 0 Å². The van der Waals surface area contributed by atoms with E-state index in [1.54, 1.807) is 6.20 Å². The summed E-state index contributed by atoms with van der Waals surface area (Å²) in [5.74, 6) is 0.769. The van der Waals surface area contributed by atoms with Crippen LogP contribution in [0.15, 0.2) is 85.3 Å².